The second-order valence-corrected chi connectivity index (χ2v) is 8.82. The first kappa shape index (κ1) is 28.9. The smallest absolute Gasteiger partial charge is 0.323 e. The second kappa shape index (κ2) is 18.7. The Morgan fingerprint density at radius 1 is 0.667 bits per heavy atom. The Hall–Kier alpha value is -1.06. The molecule has 1 unspecified atom stereocenters. The molecule has 0 saturated carbocycles. The lowest BCUT2D eigenvalue weighted by molar-refractivity contribution is -0.176. The van der Waals surface area contributed by atoms with Crippen molar-refractivity contribution in [3.8, 4) is 0 Å². The average Bonchev–Trinajstić information content (AvgIpc) is 2.74. The SMILES string of the molecule is CCCCCCCCCCCOC(=O)C(CC)(CC)C(=O)OC(C)CCCCCC. The van der Waals surface area contributed by atoms with Crippen LogP contribution in [-0.4, -0.2) is 24.6 Å². The summed E-state index contributed by atoms with van der Waals surface area (Å²) in [4.78, 5) is 25.6. The average molecular weight is 427 g/mol. The van der Waals surface area contributed by atoms with Gasteiger partial charge in [0.15, 0.2) is 5.41 Å². The van der Waals surface area contributed by atoms with E-state index in [9.17, 15) is 9.59 Å². The van der Waals surface area contributed by atoms with Gasteiger partial charge in [-0.3, -0.25) is 9.59 Å². The molecule has 0 aliphatic rings. The fraction of sp³-hybridized carbons (Fsp3) is 0.923. The maximum absolute atomic E-state index is 12.8. The largest absolute Gasteiger partial charge is 0.465 e. The van der Waals surface area contributed by atoms with E-state index in [1.54, 1.807) is 0 Å². The van der Waals surface area contributed by atoms with Gasteiger partial charge in [-0.1, -0.05) is 98.3 Å². The summed E-state index contributed by atoms with van der Waals surface area (Å²) in [7, 11) is 0. The summed E-state index contributed by atoms with van der Waals surface area (Å²) >= 11 is 0. The molecule has 0 aromatic rings. The number of ether oxygens (including phenoxy) is 2. The van der Waals surface area contributed by atoms with Crippen LogP contribution in [0.4, 0.5) is 0 Å². The Labute approximate surface area is 186 Å². The predicted molar refractivity (Wildman–Crippen MR) is 126 cm³/mol. The highest BCUT2D eigenvalue weighted by Gasteiger charge is 2.46. The number of carbonyl (C=O) groups is 2. The molecule has 0 aromatic heterocycles. The molecule has 0 aliphatic heterocycles. The lowest BCUT2D eigenvalue weighted by atomic mass is 9.82. The summed E-state index contributed by atoms with van der Waals surface area (Å²) in [6.07, 6.45) is 17.1. The fourth-order valence-corrected chi connectivity index (χ4v) is 3.84. The van der Waals surface area contributed by atoms with Crippen LogP contribution in [0.2, 0.25) is 0 Å². The van der Waals surface area contributed by atoms with Gasteiger partial charge in [-0.15, -0.1) is 0 Å². The summed E-state index contributed by atoms with van der Waals surface area (Å²) in [6.45, 7) is 10.5. The number of hydrogen-bond acceptors (Lipinski definition) is 4. The van der Waals surface area contributed by atoms with Crippen LogP contribution < -0.4 is 0 Å². The molecule has 0 aromatic carbocycles. The van der Waals surface area contributed by atoms with Crippen molar-refractivity contribution in [1.29, 1.82) is 0 Å². The quantitative estimate of drug-likeness (QED) is 0.113. The van der Waals surface area contributed by atoms with Gasteiger partial charge in [-0.05, 0) is 39.0 Å². The topological polar surface area (TPSA) is 52.6 Å². The summed E-state index contributed by atoms with van der Waals surface area (Å²) < 4.78 is 11.2. The first-order chi connectivity index (χ1) is 14.5. The van der Waals surface area contributed by atoms with Gasteiger partial charge in [-0.25, -0.2) is 0 Å². The number of rotatable bonds is 20. The zero-order chi connectivity index (χ0) is 22.7. The molecule has 0 fully saturated rings. The highest BCUT2D eigenvalue weighted by molar-refractivity contribution is 6.00. The van der Waals surface area contributed by atoms with Gasteiger partial charge < -0.3 is 9.47 Å². The van der Waals surface area contributed by atoms with E-state index in [1.165, 1.54) is 57.8 Å². The standard InChI is InChI=1S/C26H50O4/c1-6-10-12-14-15-16-17-18-20-22-29-24(27)26(8-3,9-4)25(28)30-23(5)21-19-13-11-7-2/h23H,6-22H2,1-5H3. The van der Waals surface area contributed by atoms with Crippen LogP contribution in [0.3, 0.4) is 0 Å². The van der Waals surface area contributed by atoms with Crippen LogP contribution in [-0.2, 0) is 19.1 Å². The van der Waals surface area contributed by atoms with E-state index in [4.69, 9.17) is 9.47 Å². The molecule has 4 heteroatoms. The van der Waals surface area contributed by atoms with Gasteiger partial charge in [0.1, 0.15) is 0 Å². The van der Waals surface area contributed by atoms with Gasteiger partial charge >= 0.3 is 11.9 Å². The normalized spacial score (nSPS) is 12.6. The molecule has 0 amide bonds. The third-order valence-corrected chi connectivity index (χ3v) is 6.24. The Bertz CT molecular complexity index is 429. The molecule has 0 aliphatic carbocycles. The maximum atomic E-state index is 12.8. The Morgan fingerprint density at radius 3 is 1.63 bits per heavy atom. The summed E-state index contributed by atoms with van der Waals surface area (Å²) in [5.74, 6) is -0.817. The number of esters is 2. The molecule has 4 nitrogen and oxygen atoms in total. The van der Waals surface area contributed by atoms with Crippen LogP contribution >= 0.6 is 0 Å². The number of carbonyl (C=O) groups excluding carboxylic acids is 2. The molecule has 0 heterocycles. The third kappa shape index (κ3) is 12.0. The van der Waals surface area contributed by atoms with Crippen molar-refractivity contribution in [3.63, 3.8) is 0 Å². The lowest BCUT2D eigenvalue weighted by Gasteiger charge is -2.28. The van der Waals surface area contributed by atoms with Crippen molar-refractivity contribution in [3.05, 3.63) is 0 Å². The molecule has 0 N–H and O–H groups in total. The molecule has 0 saturated heterocycles. The zero-order valence-electron chi connectivity index (χ0n) is 20.7. The summed E-state index contributed by atoms with van der Waals surface area (Å²) in [6, 6.07) is 0. The zero-order valence-corrected chi connectivity index (χ0v) is 20.7. The number of hydrogen-bond donors (Lipinski definition) is 0. The van der Waals surface area contributed by atoms with Crippen molar-refractivity contribution in [1.82, 2.24) is 0 Å². The molecule has 1 atom stereocenters. The fourth-order valence-electron chi connectivity index (χ4n) is 3.84. The van der Waals surface area contributed by atoms with E-state index in [-0.39, 0.29) is 6.10 Å². The first-order valence-electron chi connectivity index (χ1n) is 12.9. The molecule has 0 radical (unpaired) electrons. The highest BCUT2D eigenvalue weighted by Crippen LogP contribution is 2.31. The van der Waals surface area contributed by atoms with Crippen LogP contribution in [0.5, 0.6) is 0 Å². The molecule has 0 rings (SSSR count). The van der Waals surface area contributed by atoms with E-state index in [0.717, 1.165) is 32.1 Å². The lowest BCUT2D eigenvalue weighted by Crippen LogP contribution is -2.42. The minimum atomic E-state index is -1.16. The summed E-state index contributed by atoms with van der Waals surface area (Å²) in [5.41, 5.74) is -1.16. The van der Waals surface area contributed by atoms with E-state index >= 15 is 0 Å². The van der Waals surface area contributed by atoms with E-state index < -0.39 is 17.4 Å². The van der Waals surface area contributed by atoms with Crippen molar-refractivity contribution in [2.24, 2.45) is 5.41 Å². The molecule has 30 heavy (non-hydrogen) atoms. The van der Waals surface area contributed by atoms with E-state index in [1.807, 2.05) is 20.8 Å². The maximum Gasteiger partial charge on any atom is 0.323 e. The van der Waals surface area contributed by atoms with E-state index in [2.05, 4.69) is 13.8 Å². The Kier molecular flexibility index (Phi) is 18.0. The van der Waals surface area contributed by atoms with Gasteiger partial charge in [0.2, 0.25) is 0 Å². The van der Waals surface area contributed by atoms with Crippen LogP contribution in [0.25, 0.3) is 0 Å². The number of unbranched alkanes of at least 4 members (excludes halogenated alkanes) is 11. The van der Waals surface area contributed by atoms with Crippen molar-refractivity contribution < 1.29 is 19.1 Å². The van der Waals surface area contributed by atoms with Crippen molar-refractivity contribution in [2.75, 3.05) is 6.61 Å². The van der Waals surface area contributed by atoms with Crippen LogP contribution in [0, 0.1) is 5.41 Å². The molecule has 0 bridgehead atoms. The molecule has 178 valence electrons. The monoisotopic (exact) mass is 426 g/mol. The van der Waals surface area contributed by atoms with Gasteiger partial charge in [0.05, 0.1) is 12.7 Å². The van der Waals surface area contributed by atoms with Crippen molar-refractivity contribution in [2.45, 2.75) is 143 Å². The second-order valence-electron chi connectivity index (χ2n) is 8.82. The Balaban J connectivity index is 4.25. The third-order valence-electron chi connectivity index (χ3n) is 6.24. The predicted octanol–water partition coefficient (Wildman–Crippen LogP) is 7.77. The van der Waals surface area contributed by atoms with Gasteiger partial charge in [0, 0.05) is 0 Å². The minimum Gasteiger partial charge on any atom is -0.465 e. The van der Waals surface area contributed by atoms with Gasteiger partial charge in [0.25, 0.3) is 0 Å². The van der Waals surface area contributed by atoms with Crippen molar-refractivity contribution >= 4 is 11.9 Å². The van der Waals surface area contributed by atoms with E-state index in [0.29, 0.717) is 19.4 Å². The van der Waals surface area contributed by atoms with Gasteiger partial charge in [-0.2, -0.15) is 0 Å². The molecular formula is C26H50O4. The minimum absolute atomic E-state index is 0.156. The van der Waals surface area contributed by atoms with Crippen LogP contribution in [0.15, 0.2) is 0 Å². The molecule has 0 spiro atoms. The Morgan fingerprint density at radius 2 is 1.13 bits per heavy atom. The van der Waals surface area contributed by atoms with Crippen LogP contribution in [0.1, 0.15) is 137 Å². The first-order valence-corrected chi connectivity index (χ1v) is 12.9. The summed E-state index contributed by atoms with van der Waals surface area (Å²) in [5, 5.41) is 0. The molecular weight excluding hydrogens is 376 g/mol. The highest BCUT2D eigenvalue weighted by atomic mass is 16.6.